The van der Waals surface area contributed by atoms with E-state index in [1.165, 1.54) is 24.3 Å². The Hall–Kier alpha value is -5.80. The molecule has 2 aromatic carbocycles. The summed E-state index contributed by atoms with van der Waals surface area (Å²) in [5.74, 6) is -1.99. The van der Waals surface area contributed by atoms with E-state index in [0.717, 1.165) is 0 Å². The van der Waals surface area contributed by atoms with Gasteiger partial charge in [0, 0.05) is 17.8 Å². The molecular weight excluding hydrogens is 605 g/mol. The number of aromatic nitrogens is 2. The number of ether oxygens (including phenoxy) is 2. The lowest BCUT2D eigenvalue weighted by molar-refractivity contribution is 0.0545. The summed E-state index contributed by atoms with van der Waals surface area (Å²) in [7, 11) is 0. The summed E-state index contributed by atoms with van der Waals surface area (Å²) < 4.78 is 24.3. The maximum Gasteiger partial charge on any atom is 0.414 e. The number of carbonyl (C=O) groups is 4. The van der Waals surface area contributed by atoms with Gasteiger partial charge in [0.25, 0.3) is 11.5 Å². The molecule has 3 rings (SSSR count). The molecule has 0 saturated heterocycles. The molecule has 0 aliphatic heterocycles. The van der Waals surface area contributed by atoms with E-state index in [0.29, 0.717) is 22.0 Å². The number of hydrogen-bond acceptors (Lipinski definition) is 9. The summed E-state index contributed by atoms with van der Waals surface area (Å²) in [5.41, 5.74) is -2.33. The number of benzene rings is 2. The average molecular weight is 640 g/mol. The van der Waals surface area contributed by atoms with Crippen LogP contribution in [0.5, 0.6) is 0 Å². The minimum Gasteiger partial charge on any atom is -0.444 e. The highest BCUT2D eigenvalue weighted by Gasteiger charge is 2.21. The standard InChI is InChI=1S/C30H34FN7O8/c1-29(2,3)45-27(43)36-24(37-28(44)46-30(4,5)6)34-20-13-9-18(10-14-20)22(39)33-19-11-7-17(8-12-19)15-32-25(41)38-16-21(31)23(40)35-26(38)42/h7-14,16H,15H2,1-6H3,(H,32,41)(H,33,39)(H,35,40,42)(H2,34,36,37,43,44). The molecule has 0 aliphatic rings. The number of nitrogens with one attached hydrogen (secondary N) is 5. The van der Waals surface area contributed by atoms with E-state index in [2.05, 4.69) is 26.3 Å². The Bertz CT molecular complexity index is 1720. The molecule has 0 fully saturated rings. The zero-order valence-electron chi connectivity index (χ0n) is 25.9. The fraction of sp³-hybridized carbons (Fsp3) is 0.300. The Morgan fingerprint density at radius 1 is 0.848 bits per heavy atom. The van der Waals surface area contributed by atoms with Gasteiger partial charge in [-0.25, -0.2) is 28.7 Å². The van der Waals surface area contributed by atoms with Crippen LogP contribution in [0.25, 0.3) is 0 Å². The number of rotatable bonds is 5. The first-order valence-electron chi connectivity index (χ1n) is 13.8. The Morgan fingerprint density at radius 3 is 1.91 bits per heavy atom. The quantitative estimate of drug-likeness (QED) is 0.205. The second-order valence-corrected chi connectivity index (χ2v) is 11.7. The Kier molecular flexibility index (Phi) is 10.8. The molecule has 3 aromatic rings. The lowest BCUT2D eigenvalue weighted by Crippen LogP contribution is -2.47. The van der Waals surface area contributed by atoms with Gasteiger partial charge in [0.2, 0.25) is 11.8 Å². The predicted molar refractivity (Wildman–Crippen MR) is 166 cm³/mol. The van der Waals surface area contributed by atoms with Crippen molar-refractivity contribution < 1.29 is 33.0 Å². The highest BCUT2D eigenvalue weighted by Crippen LogP contribution is 2.16. The number of aromatic amines is 1. The predicted octanol–water partition coefficient (Wildman–Crippen LogP) is 3.72. The van der Waals surface area contributed by atoms with Crippen LogP contribution in [-0.2, 0) is 16.0 Å². The highest BCUT2D eigenvalue weighted by atomic mass is 19.1. The molecule has 1 heterocycles. The second-order valence-electron chi connectivity index (χ2n) is 11.7. The van der Waals surface area contributed by atoms with Gasteiger partial charge < -0.3 is 20.1 Å². The molecular formula is C30H34FN7O8. The van der Waals surface area contributed by atoms with Gasteiger partial charge in [-0.15, -0.1) is 0 Å². The van der Waals surface area contributed by atoms with Crippen LogP contribution in [0.15, 0.2) is 69.3 Å². The van der Waals surface area contributed by atoms with Crippen LogP contribution in [-0.4, -0.2) is 50.8 Å². The van der Waals surface area contributed by atoms with Gasteiger partial charge in [0.15, 0.2) is 0 Å². The van der Waals surface area contributed by atoms with Crippen molar-refractivity contribution in [3.05, 3.63) is 92.5 Å². The van der Waals surface area contributed by atoms with Crippen LogP contribution in [0.1, 0.15) is 57.5 Å². The number of amides is 4. The number of nitrogens with zero attached hydrogens (tertiary/aromatic N) is 2. The van der Waals surface area contributed by atoms with Gasteiger partial charge >= 0.3 is 23.9 Å². The van der Waals surface area contributed by atoms with Crippen molar-refractivity contribution in [1.82, 2.24) is 25.5 Å². The van der Waals surface area contributed by atoms with Gasteiger partial charge in [0.05, 0.1) is 11.9 Å². The van der Waals surface area contributed by atoms with E-state index in [1.807, 2.05) is 0 Å². The number of alkyl carbamates (subject to hydrolysis) is 2. The van der Waals surface area contributed by atoms with E-state index in [9.17, 15) is 33.2 Å². The molecule has 244 valence electrons. The molecule has 0 spiro atoms. The Labute approximate surface area is 262 Å². The summed E-state index contributed by atoms with van der Waals surface area (Å²) >= 11 is 0. The average Bonchev–Trinajstić information content (AvgIpc) is 2.92. The highest BCUT2D eigenvalue weighted by molar-refractivity contribution is 6.05. The van der Waals surface area contributed by atoms with E-state index >= 15 is 0 Å². The first kappa shape index (κ1) is 34.7. The normalized spacial score (nSPS) is 11.1. The summed E-state index contributed by atoms with van der Waals surface area (Å²) in [5, 5.41) is 9.90. The fourth-order valence-corrected chi connectivity index (χ4v) is 3.47. The van der Waals surface area contributed by atoms with Crippen LogP contribution in [0.2, 0.25) is 0 Å². The van der Waals surface area contributed by atoms with Crippen molar-refractivity contribution in [2.45, 2.75) is 59.3 Å². The van der Waals surface area contributed by atoms with Crippen LogP contribution < -0.4 is 32.5 Å². The number of hydrogen-bond donors (Lipinski definition) is 5. The Morgan fingerprint density at radius 2 is 1.39 bits per heavy atom. The maximum absolute atomic E-state index is 13.4. The molecule has 0 atom stereocenters. The first-order chi connectivity index (χ1) is 21.4. The van der Waals surface area contributed by atoms with Gasteiger partial charge in [-0.2, -0.15) is 4.39 Å². The van der Waals surface area contributed by atoms with Crippen molar-refractivity contribution in [2.24, 2.45) is 4.99 Å². The van der Waals surface area contributed by atoms with E-state index < -0.39 is 52.4 Å². The van der Waals surface area contributed by atoms with E-state index in [4.69, 9.17) is 9.47 Å². The second kappa shape index (κ2) is 14.3. The molecule has 0 radical (unpaired) electrons. The Balaban J connectivity index is 1.64. The molecule has 0 bridgehead atoms. The third kappa shape index (κ3) is 11.0. The van der Waals surface area contributed by atoms with E-state index in [-0.39, 0.29) is 23.8 Å². The molecule has 0 aliphatic carbocycles. The van der Waals surface area contributed by atoms with Crippen LogP contribution >= 0.6 is 0 Å². The number of H-pyrrole nitrogens is 1. The zero-order valence-corrected chi connectivity index (χ0v) is 25.9. The van der Waals surface area contributed by atoms with Crippen molar-refractivity contribution in [2.75, 3.05) is 5.32 Å². The topological polar surface area (TPSA) is 202 Å². The largest absolute Gasteiger partial charge is 0.444 e. The van der Waals surface area contributed by atoms with Crippen molar-refractivity contribution in [3.63, 3.8) is 0 Å². The molecule has 0 saturated carbocycles. The number of anilines is 1. The first-order valence-corrected chi connectivity index (χ1v) is 13.8. The number of aliphatic imine (C=N–C) groups is 1. The summed E-state index contributed by atoms with van der Waals surface area (Å²) in [4.78, 5) is 78.4. The van der Waals surface area contributed by atoms with Crippen LogP contribution in [0, 0.1) is 5.82 Å². The molecule has 0 unspecified atom stereocenters. The van der Waals surface area contributed by atoms with Crippen LogP contribution in [0.4, 0.5) is 30.1 Å². The van der Waals surface area contributed by atoms with Crippen molar-refractivity contribution in [1.29, 1.82) is 0 Å². The van der Waals surface area contributed by atoms with Crippen molar-refractivity contribution in [3.8, 4) is 0 Å². The number of halogens is 1. The van der Waals surface area contributed by atoms with Gasteiger partial charge in [-0.1, -0.05) is 12.1 Å². The lowest BCUT2D eigenvalue weighted by Gasteiger charge is -2.22. The summed E-state index contributed by atoms with van der Waals surface area (Å²) in [6.07, 6.45) is -1.22. The molecule has 4 amide bonds. The third-order valence-corrected chi connectivity index (χ3v) is 5.38. The summed E-state index contributed by atoms with van der Waals surface area (Å²) in [6, 6.07) is 11.4. The van der Waals surface area contributed by atoms with E-state index in [1.54, 1.807) is 70.8 Å². The maximum atomic E-state index is 13.4. The van der Waals surface area contributed by atoms with Gasteiger partial charge in [-0.05, 0) is 83.5 Å². The minimum atomic E-state index is -1.28. The van der Waals surface area contributed by atoms with Gasteiger partial charge in [0.1, 0.15) is 11.2 Å². The molecule has 46 heavy (non-hydrogen) atoms. The zero-order chi connectivity index (χ0) is 34.2. The number of carbonyl (C=O) groups excluding carboxylic acids is 4. The molecule has 15 nitrogen and oxygen atoms in total. The van der Waals surface area contributed by atoms with Crippen molar-refractivity contribution >= 4 is 41.5 Å². The molecule has 5 N–H and O–H groups in total. The minimum absolute atomic E-state index is 0.0320. The monoisotopic (exact) mass is 639 g/mol. The SMILES string of the molecule is CC(C)(C)OC(=O)NC(=Nc1ccc(C(=O)Nc2ccc(CNC(=O)n3cc(F)c(=O)[nH]c3=O)cc2)cc1)NC(=O)OC(C)(C)C. The third-order valence-electron chi connectivity index (χ3n) is 5.38. The summed E-state index contributed by atoms with van der Waals surface area (Å²) in [6.45, 7) is 10.0. The van der Waals surface area contributed by atoms with Crippen LogP contribution in [0.3, 0.4) is 0 Å². The number of guanidine groups is 1. The fourth-order valence-electron chi connectivity index (χ4n) is 3.47. The smallest absolute Gasteiger partial charge is 0.414 e. The van der Waals surface area contributed by atoms with Gasteiger partial charge in [-0.3, -0.25) is 25.2 Å². The molecule has 1 aromatic heterocycles. The lowest BCUT2D eigenvalue weighted by atomic mass is 10.1. The molecule has 16 heteroatoms.